The maximum Gasteiger partial charge on any atom is 0.182 e. The lowest BCUT2D eigenvalue weighted by molar-refractivity contribution is 0.111. The third-order valence-corrected chi connectivity index (χ3v) is 13.8. The first-order chi connectivity index (χ1) is 25.1. The number of hydrogen-bond acceptors (Lipinski definition) is 10. The van der Waals surface area contributed by atoms with Gasteiger partial charge in [-0.15, -0.1) is 34.0 Å². The normalized spacial score (nSPS) is 13.2. The molecule has 12 heteroatoms. The predicted octanol–water partition coefficient (Wildman–Crippen LogP) is 8.05. The monoisotopic (exact) mass is 767 g/mol. The van der Waals surface area contributed by atoms with Crippen LogP contribution in [0.1, 0.15) is 14.5 Å². The van der Waals surface area contributed by atoms with Gasteiger partial charge in [-0.1, -0.05) is 104 Å². The molecule has 0 atom stereocenters. The second-order valence-corrected chi connectivity index (χ2v) is 16.7. The fraction of sp³-hybridized carbons (Fsp3) is 0.150. The molecule has 6 heterocycles. The molecule has 0 aliphatic carbocycles. The third kappa shape index (κ3) is 9.22. The van der Waals surface area contributed by atoms with Gasteiger partial charge in [0, 0.05) is 29.9 Å². The smallest absolute Gasteiger partial charge is 0.182 e. The van der Waals surface area contributed by atoms with E-state index in [0.717, 1.165) is 34.2 Å². The molecule has 3 aromatic carbocycles. The summed E-state index contributed by atoms with van der Waals surface area (Å²) >= 11 is 4.55. The van der Waals surface area contributed by atoms with E-state index in [9.17, 15) is 4.79 Å². The summed E-state index contributed by atoms with van der Waals surface area (Å²) in [6.45, 7) is 5.68. The molecule has 7 nitrogen and oxygen atoms in total. The van der Waals surface area contributed by atoms with Gasteiger partial charge in [-0.05, 0) is 28.9 Å². The molecule has 6 aromatic rings. The van der Waals surface area contributed by atoms with E-state index in [1.807, 2.05) is 16.1 Å². The lowest BCUT2D eigenvalue weighted by atomic mass is 10.4. The highest BCUT2D eigenvalue weighted by Crippen LogP contribution is 2.42. The van der Waals surface area contributed by atoms with Gasteiger partial charge in [0.25, 0.3) is 0 Å². The molecule has 0 unspecified atom stereocenters. The average Bonchev–Trinajstić information content (AvgIpc) is 3.98. The fourth-order valence-corrected chi connectivity index (χ4v) is 10.4. The van der Waals surface area contributed by atoms with E-state index < -0.39 is 6.89 Å². The Bertz CT molecular complexity index is 1860. The van der Waals surface area contributed by atoms with Crippen LogP contribution in [0.2, 0.25) is 0 Å². The van der Waals surface area contributed by atoms with Crippen LogP contribution in [0.15, 0.2) is 119 Å². The highest BCUT2D eigenvalue weighted by Gasteiger charge is 2.21. The summed E-state index contributed by atoms with van der Waals surface area (Å²) in [5.74, 6) is 4.81. The van der Waals surface area contributed by atoms with Gasteiger partial charge in [0.2, 0.25) is 0 Å². The fourth-order valence-electron chi connectivity index (χ4n) is 5.27. The SMILES string of the molecule is C=Cc1scc2c1OCCO2.C=P(c1ccccc1)(c1ccccc1)c1ccccc1.O=Cc1scc2c1OCCO2.[B].c1scc2c1OCCO2. The molecular formula is C40H37BO7PS3. The Kier molecular flexibility index (Phi) is 14.3. The predicted molar refractivity (Wildman–Crippen MR) is 219 cm³/mol. The zero-order valence-electron chi connectivity index (χ0n) is 28.4. The number of ether oxygens (including phenoxy) is 6. The van der Waals surface area contributed by atoms with Gasteiger partial charge in [-0.25, -0.2) is 0 Å². The van der Waals surface area contributed by atoms with Crippen molar-refractivity contribution in [3.63, 3.8) is 0 Å². The summed E-state index contributed by atoms with van der Waals surface area (Å²) < 4.78 is 31.7. The number of thiophene rings is 3. The number of rotatable bonds is 5. The van der Waals surface area contributed by atoms with Crippen molar-refractivity contribution < 1.29 is 33.2 Å². The van der Waals surface area contributed by atoms with E-state index in [4.69, 9.17) is 34.7 Å². The van der Waals surface area contributed by atoms with E-state index >= 15 is 0 Å². The molecule has 265 valence electrons. The quantitative estimate of drug-likeness (QED) is 0.1000. The van der Waals surface area contributed by atoms with Crippen LogP contribution >= 0.6 is 40.9 Å². The number of hydrogen-bond donors (Lipinski definition) is 0. The number of benzene rings is 3. The van der Waals surface area contributed by atoms with Crippen molar-refractivity contribution in [1.29, 1.82) is 0 Å². The van der Waals surface area contributed by atoms with Crippen LogP contribution in [0.25, 0.3) is 6.08 Å². The molecular weight excluding hydrogens is 730 g/mol. The van der Waals surface area contributed by atoms with Gasteiger partial charge in [-0.3, -0.25) is 4.79 Å². The maximum atomic E-state index is 10.4. The Labute approximate surface area is 318 Å². The van der Waals surface area contributed by atoms with Crippen molar-refractivity contribution in [2.24, 2.45) is 0 Å². The average molecular weight is 768 g/mol. The lowest BCUT2D eigenvalue weighted by Crippen LogP contribution is -2.25. The van der Waals surface area contributed by atoms with E-state index in [0.29, 0.717) is 56.0 Å². The Balaban J connectivity index is 0.000000141. The minimum Gasteiger partial charge on any atom is -0.485 e. The van der Waals surface area contributed by atoms with Crippen molar-refractivity contribution in [3.05, 3.63) is 129 Å². The van der Waals surface area contributed by atoms with Gasteiger partial charge in [0.15, 0.2) is 40.8 Å². The topological polar surface area (TPSA) is 72.5 Å². The van der Waals surface area contributed by atoms with Crippen molar-refractivity contribution in [1.82, 2.24) is 0 Å². The van der Waals surface area contributed by atoms with Crippen LogP contribution in [0.4, 0.5) is 0 Å². The standard InChI is InChI=1S/C19H17P.C8H8O2S.C7H6O3S.C6H6O2S.B/c1-20(17-11-5-2-6-12-17,18-13-7-3-8-14-18)19-15-9-4-10-16-19;1-2-7-8-6(5-11-7)9-3-4-10-8;8-3-6-7-5(4-11-6)9-1-2-10-7;1-2-8-6-4-9-3-5(6)7-1;/h2-16H,1H2;2,5H,1,3-4H2;3-4H,1-2H2;3-4H,1-2H2;. The summed E-state index contributed by atoms with van der Waals surface area (Å²) in [7, 11) is 0. The second-order valence-electron chi connectivity index (χ2n) is 10.9. The van der Waals surface area contributed by atoms with Crippen molar-refractivity contribution in [3.8, 4) is 34.5 Å². The second kappa shape index (κ2) is 19.3. The summed E-state index contributed by atoms with van der Waals surface area (Å²) in [4.78, 5) is 12.1. The van der Waals surface area contributed by atoms with Gasteiger partial charge in [-0.2, -0.15) is 0 Å². The van der Waals surface area contributed by atoms with E-state index in [-0.39, 0.29) is 8.41 Å². The molecule has 9 rings (SSSR count). The number of carbonyl (C=O) groups excluding carboxylic acids is 1. The Morgan fingerprint density at radius 1 is 0.519 bits per heavy atom. The first-order valence-electron chi connectivity index (χ1n) is 16.2. The number of aldehydes is 1. The lowest BCUT2D eigenvalue weighted by Gasteiger charge is -2.26. The zero-order valence-corrected chi connectivity index (χ0v) is 31.7. The molecule has 0 saturated heterocycles. The van der Waals surface area contributed by atoms with Crippen LogP contribution in [-0.4, -0.2) is 60.6 Å². The molecule has 3 aliphatic rings. The largest absolute Gasteiger partial charge is 0.485 e. The Morgan fingerprint density at radius 2 is 0.885 bits per heavy atom. The van der Waals surface area contributed by atoms with E-state index in [1.54, 1.807) is 34.1 Å². The third-order valence-electron chi connectivity index (χ3n) is 7.73. The van der Waals surface area contributed by atoms with Crippen LogP contribution in [0.5, 0.6) is 34.5 Å². The summed E-state index contributed by atoms with van der Waals surface area (Å²) in [5, 5.41) is 11.6. The van der Waals surface area contributed by atoms with E-state index in [1.165, 1.54) is 27.3 Å². The molecule has 0 saturated carbocycles. The molecule has 3 aliphatic heterocycles. The van der Waals surface area contributed by atoms with Gasteiger partial charge >= 0.3 is 0 Å². The highest BCUT2D eigenvalue weighted by atomic mass is 32.1. The number of fused-ring (bicyclic) bond motifs is 3. The summed E-state index contributed by atoms with van der Waals surface area (Å²) in [5.41, 5.74) is 0. The van der Waals surface area contributed by atoms with Crippen LogP contribution in [-0.2, 0) is 0 Å². The molecule has 52 heavy (non-hydrogen) atoms. The van der Waals surface area contributed by atoms with Crippen LogP contribution < -0.4 is 44.3 Å². The van der Waals surface area contributed by atoms with E-state index in [2.05, 4.69) is 97.6 Å². The first kappa shape index (κ1) is 38.6. The summed E-state index contributed by atoms with van der Waals surface area (Å²) in [6.07, 6.45) is 7.27. The number of carbonyl (C=O) groups is 1. The summed E-state index contributed by atoms with van der Waals surface area (Å²) in [6, 6.07) is 31.9. The van der Waals surface area contributed by atoms with Gasteiger partial charge in [0.05, 0.1) is 4.88 Å². The van der Waals surface area contributed by atoms with Gasteiger partial charge < -0.3 is 28.4 Å². The zero-order chi connectivity index (χ0) is 35.3. The van der Waals surface area contributed by atoms with Gasteiger partial charge in [0.1, 0.15) is 44.5 Å². The maximum absolute atomic E-state index is 10.4. The van der Waals surface area contributed by atoms with Crippen molar-refractivity contribution >= 4 is 83.9 Å². The molecule has 0 N–H and O–H groups in total. The molecule has 0 bridgehead atoms. The highest BCUT2D eigenvalue weighted by molar-refractivity contribution is 7.93. The van der Waals surface area contributed by atoms with Crippen molar-refractivity contribution in [2.45, 2.75) is 0 Å². The molecule has 0 fully saturated rings. The Hall–Kier alpha value is -4.67. The molecule has 3 aromatic heterocycles. The molecule has 0 spiro atoms. The van der Waals surface area contributed by atoms with Crippen LogP contribution in [0, 0.1) is 0 Å². The van der Waals surface area contributed by atoms with Crippen LogP contribution in [0.3, 0.4) is 0 Å². The minimum atomic E-state index is -1.78. The first-order valence-corrected chi connectivity index (χ1v) is 20.8. The van der Waals surface area contributed by atoms with Crippen molar-refractivity contribution in [2.75, 3.05) is 39.6 Å². The molecule has 0 amide bonds. The molecule has 3 radical (unpaired) electrons. The Morgan fingerprint density at radius 3 is 1.29 bits per heavy atom. The minimum absolute atomic E-state index is 0.